The Morgan fingerprint density at radius 2 is 2.17 bits per heavy atom. The van der Waals surface area contributed by atoms with Gasteiger partial charge in [0.1, 0.15) is 5.75 Å². The van der Waals surface area contributed by atoms with Crippen molar-refractivity contribution in [3.8, 4) is 5.75 Å². The third-order valence-corrected chi connectivity index (χ3v) is 3.93. The Balaban J connectivity index is 2.49. The zero-order valence-electron chi connectivity index (χ0n) is 11.0. The molecule has 0 spiro atoms. The number of phenolic OH excluding ortho intramolecular Hbond substituents is 1. The molecular weight excluding hydrogens is 230 g/mol. The molecule has 0 fully saturated rings. The molecule has 1 atom stereocenters. The van der Waals surface area contributed by atoms with Crippen LogP contribution in [0.3, 0.4) is 0 Å². The van der Waals surface area contributed by atoms with Crippen molar-refractivity contribution in [3.05, 3.63) is 23.8 Å². The van der Waals surface area contributed by atoms with Gasteiger partial charge in [0.05, 0.1) is 5.41 Å². The molecule has 0 aromatic heterocycles. The zero-order valence-corrected chi connectivity index (χ0v) is 11.0. The van der Waals surface area contributed by atoms with E-state index in [0.29, 0.717) is 6.54 Å². The minimum Gasteiger partial charge on any atom is -0.508 e. The third-order valence-electron chi connectivity index (χ3n) is 3.93. The van der Waals surface area contributed by atoms with Crippen molar-refractivity contribution in [1.29, 1.82) is 0 Å². The lowest BCUT2D eigenvalue weighted by atomic mass is 9.76. The van der Waals surface area contributed by atoms with E-state index in [1.807, 2.05) is 13.0 Å². The molecule has 1 unspecified atom stereocenters. The van der Waals surface area contributed by atoms with E-state index in [2.05, 4.69) is 4.90 Å². The number of likely N-dealkylation sites (N-methyl/N-ethyl adjacent to an activating group) is 1. The first-order valence-electron chi connectivity index (χ1n) is 6.19. The average molecular weight is 249 g/mol. The lowest BCUT2D eigenvalue weighted by molar-refractivity contribution is -0.148. The summed E-state index contributed by atoms with van der Waals surface area (Å²) >= 11 is 0. The number of hydrogen-bond donors (Lipinski definition) is 2. The molecule has 1 aromatic rings. The van der Waals surface area contributed by atoms with E-state index in [0.717, 1.165) is 17.8 Å². The van der Waals surface area contributed by atoms with Gasteiger partial charge >= 0.3 is 5.97 Å². The third kappa shape index (κ3) is 1.82. The van der Waals surface area contributed by atoms with Gasteiger partial charge in [-0.25, -0.2) is 0 Å². The van der Waals surface area contributed by atoms with Gasteiger partial charge in [-0.05, 0) is 44.5 Å². The van der Waals surface area contributed by atoms with Crippen LogP contribution < -0.4 is 4.90 Å². The molecule has 2 rings (SSSR count). The summed E-state index contributed by atoms with van der Waals surface area (Å²) < 4.78 is 0. The molecule has 1 aromatic carbocycles. The number of benzene rings is 1. The summed E-state index contributed by atoms with van der Waals surface area (Å²) in [4.78, 5) is 13.6. The van der Waals surface area contributed by atoms with Crippen LogP contribution in [-0.2, 0) is 4.79 Å². The average Bonchev–Trinajstić information content (AvgIpc) is 2.67. The molecule has 1 aliphatic rings. The van der Waals surface area contributed by atoms with Gasteiger partial charge in [0, 0.05) is 24.7 Å². The first-order valence-corrected chi connectivity index (χ1v) is 6.19. The maximum absolute atomic E-state index is 11.4. The summed E-state index contributed by atoms with van der Waals surface area (Å²) in [5.74, 6) is -0.713. The van der Waals surface area contributed by atoms with Crippen LogP contribution in [0.15, 0.2) is 18.2 Å². The smallest absolute Gasteiger partial charge is 0.309 e. The highest BCUT2D eigenvalue weighted by Crippen LogP contribution is 2.46. The molecule has 4 heteroatoms. The first kappa shape index (κ1) is 12.7. The summed E-state index contributed by atoms with van der Waals surface area (Å²) in [7, 11) is 0. The SMILES string of the molecule is CCN1CC(C(C)(C)C(=O)O)c2cc(O)ccc21. The topological polar surface area (TPSA) is 60.8 Å². The molecule has 1 heterocycles. The molecule has 0 saturated carbocycles. The van der Waals surface area contributed by atoms with Crippen molar-refractivity contribution in [2.24, 2.45) is 5.41 Å². The van der Waals surface area contributed by atoms with Crippen LogP contribution >= 0.6 is 0 Å². The second kappa shape index (κ2) is 4.19. The normalized spacial score (nSPS) is 18.8. The van der Waals surface area contributed by atoms with E-state index in [9.17, 15) is 15.0 Å². The number of carboxylic acids is 1. The van der Waals surface area contributed by atoms with Crippen molar-refractivity contribution in [3.63, 3.8) is 0 Å². The number of nitrogens with zero attached hydrogens (tertiary/aromatic N) is 1. The number of carbonyl (C=O) groups is 1. The number of carboxylic acid groups (broad SMARTS) is 1. The van der Waals surface area contributed by atoms with Gasteiger partial charge in [-0.3, -0.25) is 4.79 Å². The standard InChI is InChI=1S/C14H19NO3/c1-4-15-8-11(14(2,3)13(17)18)10-7-9(16)5-6-12(10)15/h5-7,11,16H,4,8H2,1-3H3,(H,17,18). The maximum Gasteiger partial charge on any atom is 0.309 e. The number of anilines is 1. The van der Waals surface area contributed by atoms with Crippen molar-refractivity contribution in [2.75, 3.05) is 18.0 Å². The van der Waals surface area contributed by atoms with Gasteiger partial charge in [0.2, 0.25) is 0 Å². The van der Waals surface area contributed by atoms with Gasteiger partial charge < -0.3 is 15.1 Å². The molecular formula is C14H19NO3. The predicted octanol–water partition coefficient (Wildman–Crippen LogP) is 2.43. The summed E-state index contributed by atoms with van der Waals surface area (Å²) in [6.45, 7) is 7.06. The van der Waals surface area contributed by atoms with Crippen LogP contribution in [0.2, 0.25) is 0 Å². The van der Waals surface area contributed by atoms with E-state index in [4.69, 9.17) is 0 Å². The lowest BCUT2D eigenvalue weighted by Crippen LogP contribution is -2.34. The van der Waals surface area contributed by atoms with Crippen molar-refractivity contribution < 1.29 is 15.0 Å². The van der Waals surface area contributed by atoms with Crippen LogP contribution in [0.25, 0.3) is 0 Å². The Morgan fingerprint density at radius 3 is 2.72 bits per heavy atom. The highest BCUT2D eigenvalue weighted by atomic mass is 16.4. The van der Waals surface area contributed by atoms with Crippen molar-refractivity contribution in [1.82, 2.24) is 0 Å². The molecule has 0 aliphatic carbocycles. The monoisotopic (exact) mass is 249 g/mol. The fourth-order valence-electron chi connectivity index (χ4n) is 2.59. The highest BCUT2D eigenvalue weighted by Gasteiger charge is 2.43. The molecule has 18 heavy (non-hydrogen) atoms. The van der Waals surface area contributed by atoms with Gasteiger partial charge in [-0.15, -0.1) is 0 Å². The van der Waals surface area contributed by atoms with Crippen LogP contribution in [0.1, 0.15) is 32.3 Å². The molecule has 0 bridgehead atoms. The van der Waals surface area contributed by atoms with E-state index < -0.39 is 11.4 Å². The summed E-state index contributed by atoms with van der Waals surface area (Å²) in [6, 6.07) is 5.21. The zero-order chi connectivity index (χ0) is 13.5. The molecule has 0 radical (unpaired) electrons. The fraction of sp³-hybridized carbons (Fsp3) is 0.500. The first-order chi connectivity index (χ1) is 8.37. The summed E-state index contributed by atoms with van der Waals surface area (Å²) in [5, 5.41) is 19.0. The number of rotatable bonds is 3. The number of aliphatic carboxylic acids is 1. The van der Waals surface area contributed by atoms with Gasteiger partial charge in [0.15, 0.2) is 0 Å². The largest absolute Gasteiger partial charge is 0.508 e. The Morgan fingerprint density at radius 1 is 1.50 bits per heavy atom. The Labute approximate surface area is 107 Å². The highest BCUT2D eigenvalue weighted by molar-refractivity contribution is 5.77. The van der Waals surface area contributed by atoms with E-state index in [1.54, 1.807) is 26.0 Å². The minimum atomic E-state index is -0.841. The van der Waals surface area contributed by atoms with E-state index in [1.165, 1.54) is 0 Å². The van der Waals surface area contributed by atoms with E-state index >= 15 is 0 Å². The van der Waals surface area contributed by atoms with Crippen molar-refractivity contribution in [2.45, 2.75) is 26.7 Å². The molecule has 2 N–H and O–H groups in total. The summed E-state index contributed by atoms with van der Waals surface area (Å²) in [5.41, 5.74) is 1.13. The fourth-order valence-corrected chi connectivity index (χ4v) is 2.59. The number of fused-ring (bicyclic) bond motifs is 1. The molecule has 0 saturated heterocycles. The molecule has 4 nitrogen and oxygen atoms in total. The van der Waals surface area contributed by atoms with Gasteiger partial charge in [-0.1, -0.05) is 0 Å². The Kier molecular flexibility index (Phi) is 2.97. The van der Waals surface area contributed by atoms with Gasteiger partial charge in [0.25, 0.3) is 0 Å². The van der Waals surface area contributed by atoms with E-state index in [-0.39, 0.29) is 11.7 Å². The number of phenols is 1. The minimum absolute atomic E-state index is 0.1000. The Bertz CT molecular complexity index is 482. The summed E-state index contributed by atoms with van der Waals surface area (Å²) in [6.07, 6.45) is 0. The van der Waals surface area contributed by atoms with Crippen LogP contribution in [0.4, 0.5) is 5.69 Å². The maximum atomic E-state index is 11.4. The second-order valence-corrected chi connectivity index (χ2v) is 5.36. The van der Waals surface area contributed by atoms with Gasteiger partial charge in [-0.2, -0.15) is 0 Å². The Hall–Kier alpha value is -1.71. The number of hydrogen-bond acceptors (Lipinski definition) is 3. The van der Waals surface area contributed by atoms with Crippen LogP contribution in [0, 0.1) is 5.41 Å². The quantitative estimate of drug-likeness (QED) is 0.863. The van der Waals surface area contributed by atoms with Crippen LogP contribution in [-0.4, -0.2) is 29.3 Å². The lowest BCUT2D eigenvalue weighted by Gasteiger charge is -2.27. The molecule has 98 valence electrons. The van der Waals surface area contributed by atoms with Crippen LogP contribution in [0.5, 0.6) is 5.75 Å². The molecule has 1 aliphatic heterocycles. The molecule has 0 amide bonds. The number of aromatic hydroxyl groups is 1. The predicted molar refractivity (Wildman–Crippen MR) is 70.2 cm³/mol. The van der Waals surface area contributed by atoms with Crippen molar-refractivity contribution >= 4 is 11.7 Å². The second-order valence-electron chi connectivity index (χ2n) is 5.36.